The molecule has 43 heavy (non-hydrogen) atoms. The van der Waals surface area contributed by atoms with Crippen LogP contribution in [0.15, 0.2) is 108 Å². The zero-order valence-corrected chi connectivity index (χ0v) is 26.2. The molecule has 1 N–H and O–H groups in total. The summed E-state index contributed by atoms with van der Waals surface area (Å²) in [5.41, 5.74) is 2.66. The van der Waals surface area contributed by atoms with Gasteiger partial charge in [-0.2, -0.15) is 0 Å². The molecule has 1 unspecified atom stereocenters. The van der Waals surface area contributed by atoms with Crippen LogP contribution in [0.25, 0.3) is 0 Å². The first kappa shape index (κ1) is 32.1. The summed E-state index contributed by atoms with van der Waals surface area (Å²) < 4.78 is 29.1. The molecular formula is C33H33Cl2N3O4S. The first-order chi connectivity index (χ1) is 20.6. The number of amides is 2. The van der Waals surface area contributed by atoms with Gasteiger partial charge in [0.15, 0.2) is 0 Å². The number of aryl methyl sites for hydroxylation is 1. The van der Waals surface area contributed by atoms with Crippen LogP contribution in [0, 0.1) is 6.92 Å². The lowest BCUT2D eigenvalue weighted by molar-refractivity contribution is -0.140. The number of halogens is 2. The largest absolute Gasteiger partial charge is 0.355 e. The molecule has 4 rings (SSSR count). The molecule has 10 heteroatoms. The maximum Gasteiger partial charge on any atom is 0.264 e. The van der Waals surface area contributed by atoms with E-state index in [-0.39, 0.29) is 39.5 Å². The number of likely N-dealkylation sites (N-methyl/N-ethyl adjacent to an activating group) is 1. The number of nitrogens with zero attached hydrogens (tertiary/aromatic N) is 2. The molecular weight excluding hydrogens is 605 g/mol. The third-order valence-corrected chi connectivity index (χ3v) is 9.07. The van der Waals surface area contributed by atoms with E-state index in [1.165, 1.54) is 35.2 Å². The number of hydrogen-bond acceptors (Lipinski definition) is 4. The Morgan fingerprint density at radius 1 is 0.814 bits per heavy atom. The smallest absolute Gasteiger partial charge is 0.264 e. The van der Waals surface area contributed by atoms with Crippen molar-refractivity contribution in [2.75, 3.05) is 17.4 Å². The van der Waals surface area contributed by atoms with E-state index >= 15 is 0 Å². The van der Waals surface area contributed by atoms with Gasteiger partial charge >= 0.3 is 0 Å². The first-order valence-corrected chi connectivity index (χ1v) is 16.0. The molecule has 2 amide bonds. The van der Waals surface area contributed by atoms with Gasteiger partial charge in [-0.05, 0) is 55.3 Å². The Labute approximate surface area is 263 Å². The molecule has 0 aliphatic heterocycles. The molecule has 0 bridgehead atoms. The summed E-state index contributed by atoms with van der Waals surface area (Å²) in [7, 11) is -4.25. The number of carbonyl (C=O) groups is 2. The molecule has 7 nitrogen and oxygen atoms in total. The van der Waals surface area contributed by atoms with Crippen LogP contribution < -0.4 is 9.62 Å². The van der Waals surface area contributed by atoms with E-state index in [4.69, 9.17) is 23.2 Å². The second-order valence-electron chi connectivity index (χ2n) is 10.1. The maximum absolute atomic E-state index is 14.3. The Hall–Kier alpha value is -3.85. The van der Waals surface area contributed by atoms with E-state index in [1.807, 2.05) is 67.6 Å². The highest BCUT2D eigenvalue weighted by Gasteiger charge is 2.34. The van der Waals surface area contributed by atoms with E-state index in [0.29, 0.717) is 6.54 Å². The normalized spacial score (nSPS) is 11.9. The fraction of sp³-hybridized carbons (Fsp3) is 0.212. The third-order valence-electron chi connectivity index (χ3n) is 6.84. The quantitative estimate of drug-likeness (QED) is 0.198. The van der Waals surface area contributed by atoms with Gasteiger partial charge in [0.1, 0.15) is 12.6 Å². The van der Waals surface area contributed by atoms with Crippen molar-refractivity contribution < 1.29 is 18.0 Å². The minimum atomic E-state index is -4.25. The van der Waals surface area contributed by atoms with Crippen LogP contribution in [-0.4, -0.2) is 44.3 Å². The van der Waals surface area contributed by atoms with Crippen LogP contribution >= 0.6 is 23.2 Å². The Morgan fingerprint density at radius 3 is 1.93 bits per heavy atom. The summed E-state index contributed by atoms with van der Waals surface area (Å²) in [6, 6.07) is 28.5. The lowest BCUT2D eigenvalue weighted by Gasteiger charge is -2.34. The molecule has 0 radical (unpaired) electrons. The van der Waals surface area contributed by atoms with Gasteiger partial charge in [-0.25, -0.2) is 8.42 Å². The summed E-state index contributed by atoms with van der Waals surface area (Å²) in [6.45, 7) is 3.52. The van der Waals surface area contributed by atoms with Gasteiger partial charge in [-0.1, -0.05) is 102 Å². The van der Waals surface area contributed by atoms with Crippen LogP contribution in [0.2, 0.25) is 10.0 Å². The van der Waals surface area contributed by atoms with Crippen molar-refractivity contribution in [1.82, 2.24) is 10.2 Å². The van der Waals surface area contributed by atoms with Gasteiger partial charge < -0.3 is 10.2 Å². The second kappa shape index (κ2) is 14.6. The zero-order chi connectivity index (χ0) is 31.0. The minimum absolute atomic E-state index is 0.00108. The lowest BCUT2D eigenvalue weighted by atomic mass is 10.0. The zero-order valence-electron chi connectivity index (χ0n) is 23.9. The van der Waals surface area contributed by atoms with Gasteiger partial charge in [0.05, 0.1) is 10.6 Å². The van der Waals surface area contributed by atoms with Crippen LogP contribution in [0.1, 0.15) is 23.6 Å². The Bertz CT molecular complexity index is 1630. The fourth-order valence-electron chi connectivity index (χ4n) is 4.68. The number of benzene rings is 4. The molecule has 0 aromatic heterocycles. The van der Waals surface area contributed by atoms with Crippen LogP contribution in [0.4, 0.5) is 5.69 Å². The highest BCUT2D eigenvalue weighted by atomic mass is 35.5. The van der Waals surface area contributed by atoms with Gasteiger partial charge in [0.2, 0.25) is 11.8 Å². The van der Waals surface area contributed by atoms with Gasteiger partial charge in [0.25, 0.3) is 10.0 Å². The highest BCUT2D eigenvalue weighted by molar-refractivity contribution is 7.92. The van der Waals surface area contributed by atoms with E-state index in [2.05, 4.69) is 5.32 Å². The van der Waals surface area contributed by atoms with Crippen molar-refractivity contribution in [3.63, 3.8) is 0 Å². The molecule has 0 heterocycles. The van der Waals surface area contributed by atoms with Crippen LogP contribution in [0.3, 0.4) is 0 Å². The summed E-state index contributed by atoms with van der Waals surface area (Å²) >= 11 is 12.6. The molecule has 0 saturated carbocycles. The summed E-state index contributed by atoms with van der Waals surface area (Å²) in [5.74, 6) is -0.905. The fourth-order valence-corrected chi connectivity index (χ4v) is 6.59. The molecule has 0 aliphatic rings. The molecule has 0 fully saturated rings. The molecule has 224 valence electrons. The molecule has 4 aromatic carbocycles. The number of hydrogen-bond donors (Lipinski definition) is 1. The average Bonchev–Trinajstić information content (AvgIpc) is 2.98. The van der Waals surface area contributed by atoms with Crippen LogP contribution in [-0.2, 0) is 32.6 Å². The molecule has 4 aromatic rings. The predicted octanol–water partition coefficient (Wildman–Crippen LogP) is 6.27. The Balaban J connectivity index is 1.80. The summed E-state index contributed by atoms with van der Waals surface area (Å²) in [6.07, 6.45) is 0.235. The second-order valence-corrected chi connectivity index (χ2v) is 12.8. The van der Waals surface area contributed by atoms with Crippen molar-refractivity contribution in [2.24, 2.45) is 0 Å². The molecule has 0 saturated heterocycles. The molecule has 1 atom stereocenters. The maximum atomic E-state index is 14.3. The lowest BCUT2D eigenvalue weighted by Crippen LogP contribution is -2.53. The number of carbonyl (C=O) groups excluding carboxylic acids is 2. The van der Waals surface area contributed by atoms with Crippen molar-refractivity contribution in [1.29, 1.82) is 0 Å². The monoisotopic (exact) mass is 637 g/mol. The first-order valence-electron chi connectivity index (χ1n) is 13.8. The average molecular weight is 639 g/mol. The van der Waals surface area contributed by atoms with E-state index < -0.39 is 28.5 Å². The van der Waals surface area contributed by atoms with Crippen molar-refractivity contribution in [3.05, 3.63) is 130 Å². The summed E-state index contributed by atoms with van der Waals surface area (Å²) in [4.78, 5) is 29.3. The van der Waals surface area contributed by atoms with E-state index in [1.54, 1.807) is 19.1 Å². The van der Waals surface area contributed by atoms with Gasteiger partial charge in [-0.3, -0.25) is 13.9 Å². The van der Waals surface area contributed by atoms with Gasteiger partial charge in [-0.15, -0.1) is 0 Å². The number of nitrogens with one attached hydrogen (secondary N) is 1. The van der Waals surface area contributed by atoms with Crippen LogP contribution in [0.5, 0.6) is 0 Å². The Morgan fingerprint density at radius 2 is 1.37 bits per heavy atom. The molecule has 0 spiro atoms. The SMILES string of the molecule is CCNC(=O)C(Cc1ccccc1)N(Cc1ccccc1)C(=O)CN(c1cc(Cl)cc(Cl)c1)S(=O)(=O)c1ccc(C)cc1. The Kier molecular flexibility index (Phi) is 10.9. The summed E-state index contributed by atoms with van der Waals surface area (Å²) in [5, 5.41) is 3.27. The standard InChI is InChI=1S/C33H33Cl2N3O4S/c1-3-36-33(40)31(18-25-10-6-4-7-11-25)37(22-26-12-8-5-9-13-26)32(39)23-38(29-20-27(34)19-28(35)21-29)43(41,42)30-16-14-24(2)15-17-30/h4-17,19-21,31H,3,18,22-23H2,1-2H3,(H,36,40). The topological polar surface area (TPSA) is 86.8 Å². The van der Waals surface area contributed by atoms with Crippen molar-refractivity contribution >= 4 is 50.7 Å². The molecule has 0 aliphatic carbocycles. The van der Waals surface area contributed by atoms with E-state index in [9.17, 15) is 18.0 Å². The highest BCUT2D eigenvalue weighted by Crippen LogP contribution is 2.30. The number of anilines is 1. The third kappa shape index (κ3) is 8.38. The van der Waals surface area contributed by atoms with Crippen molar-refractivity contribution in [3.8, 4) is 0 Å². The van der Waals surface area contributed by atoms with Gasteiger partial charge in [0, 0.05) is 29.6 Å². The van der Waals surface area contributed by atoms with E-state index in [0.717, 1.165) is 21.0 Å². The number of sulfonamides is 1. The number of rotatable bonds is 12. The predicted molar refractivity (Wildman–Crippen MR) is 172 cm³/mol. The minimum Gasteiger partial charge on any atom is -0.355 e. The van der Waals surface area contributed by atoms with Crippen molar-refractivity contribution in [2.45, 2.75) is 37.8 Å².